The lowest BCUT2D eigenvalue weighted by atomic mass is 10.7. The molecule has 48 valence electrons. The molecule has 1 N–H and O–H groups in total. The van der Waals surface area contributed by atoms with E-state index in [4.69, 9.17) is 0 Å². The summed E-state index contributed by atoms with van der Waals surface area (Å²) in [6.45, 7) is 0. The Balaban J connectivity index is 2.61. The lowest BCUT2D eigenvalue weighted by molar-refractivity contribution is 0.269. The summed E-state index contributed by atoms with van der Waals surface area (Å²) in [7, 11) is 1.52. The summed E-state index contributed by atoms with van der Waals surface area (Å²) in [6, 6.07) is 0. The predicted octanol–water partition coefficient (Wildman–Crippen LogP) is 0.450. The molecule has 4 heteroatoms. The third-order valence-corrected chi connectivity index (χ3v) is 0.770. The molecule has 0 aliphatic rings. The molecule has 9 heavy (non-hydrogen) atoms. The summed E-state index contributed by atoms with van der Waals surface area (Å²) in [5, 5.41) is 0. The van der Waals surface area contributed by atoms with Crippen LogP contribution in [0.25, 0.3) is 0 Å². The number of anilines is 1. The van der Waals surface area contributed by atoms with Gasteiger partial charge in [0.25, 0.3) is 0 Å². The van der Waals surface area contributed by atoms with E-state index in [1.165, 1.54) is 7.11 Å². The lowest BCUT2D eigenvalue weighted by Gasteiger charge is -1.97. The number of hydrogen-bond acceptors (Lipinski definition) is 4. The number of rotatable bonds is 2. The highest BCUT2D eigenvalue weighted by molar-refractivity contribution is 5.25. The van der Waals surface area contributed by atoms with Crippen molar-refractivity contribution in [2.75, 3.05) is 12.6 Å². The van der Waals surface area contributed by atoms with Crippen molar-refractivity contribution >= 4 is 5.82 Å². The number of nitrogens with one attached hydrogen (secondary N) is 1. The van der Waals surface area contributed by atoms with Gasteiger partial charge in [0, 0.05) is 12.4 Å². The molecular weight excluding hydrogens is 118 g/mol. The zero-order valence-electron chi connectivity index (χ0n) is 5.03. The van der Waals surface area contributed by atoms with E-state index in [0.29, 0.717) is 5.82 Å². The SMILES string of the molecule is CONc1cnccn1. The zero-order chi connectivity index (χ0) is 6.53. The number of hydrogen-bond donors (Lipinski definition) is 1. The monoisotopic (exact) mass is 125 g/mol. The Labute approximate surface area is 52.9 Å². The zero-order valence-corrected chi connectivity index (χ0v) is 5.03. The second-order valence-electron chi connectivity index (χ2n) is 1.40. The fourth-order valence-electron chi connectivity index (χ4n) is 0.456. The molecule has 0 spiro atoms. The predicted molar refractivity (Wildman–Crippen MR) is 32.7 cm³/mol. The van der Waals surface area contributed by atoms with E-state index in [-0.39, 0.29) is 0 Å². The molecule has 0 atom stereocenters. The molecule has 0 saturated carbocycles. The Hall–Kier alpha value is -1.16. The van der Waals surface area contributed by atoms with E-state index in [0.717, 1.165) is 0 Å². The van der Waals surface area contributed by atoms with Crippen LogP contribution in [0.1, 0.15) is 0 Å². The average molecular weight is 125 g/mol. The Morgan fingerprint density at radius 3 is 3.00 bits per heavy atom. The van der Waals surface area contributed by atoms with Gasteiger partial charge in [0.05, 0.1) is 13.3 Å². The van der Waals surface area contributed by atoms with E-state index in [1.54, 1.807) is 18.6 Å². The number of aromatic nitrogens is 2. The summed E-state index contributed by atoms with van der Waals surface area (Å²) in [4.78, 5) is 12.2. The van der Waals surface area contributed by atoms with Crippen LogP contribution in [-0.2, 0) is 4.84 Å². The van der Waals surface area contributed by atoms with Gasteiger partial charge in [-0.1, -0.05) is 0 Å². The maximum absolute atomic E-state index is 4.58. The topological polar surface area (TPSA) is 47.0 Å². The van der Waals surface area contributed by atoms with E-state index in [1.807, 2.05) is 0 Å². The van der Waals surface area contributed by atoms with Crippen LogP contribution in [0.3, 0.4) is 0 Å². The highest BCUT2D eigenvalue weighted by Gasteiger charge is 1.85. The van der Waals surface area contributed by atoms with Gasteiger partial charge < -0.3 is 0 Å². The van der Waals surface area contributed by atoms with Crippen molar-refractivity contribution in [3.8, 4) is 0 Å². The molecule has 1 rings (SSSR count). The van der Waals surface area contributed by atoms with Gasteiger partial charge >= 0.3 is 0 Å². The minimum Gasteiger partial charge on any atom is -0.278 e. The summed E-state index contributed by atoms with van der Waals surface area (Å²) in [5.41, 5.74) is 2.53. The summed E-state index contributed by atoms with van der Waals surface area (Å²) < 4.78 is 0. The van der Waals surface area contributed by atoms with Gasteiger partial charge in [0.1, 0.15) is 0 Å². The molecule has 0 bridgehead atoms. The average Bonchev–Trinajstić information content (AvgIpc) is 1.91. The van der Waals surface area contributed by atoms with Crippen LogP contribution in [0.5, 0.6) is 0 Å². The first-order chi connectivity index (χ1) is 4.43. The van der Waals surface area contributed by atoms with Crippen molar-refractivity contribution < 1.29 is 4.84 Å². The Morgan fingerprint density at radius 2 is 2.44 bits per heavy atom. The van der Waals surface area contributed by atoms with Crippen molar-refractivity contribution in [1.82, 2.24) is 9.97 Å². The molecule has 1 aromatic rings. The van der Waals surface area contributed by atoms with Crippen LogP contribution < -0.4 is 5.48 Å². The molecule has 0 amide bonds. The largest absolute Gasteiger partial charge is 0.278 e. The van der Waals surface area contributed by atoms with Crippen LogP contribution in [0.4, 0.5) is 5.82 Å². The molecule has 0 saturated heterocycles. The first-order valence-corrected chi connectivity index (χ1v) is 2.48. The Bertz CT molecular complexity index is 165. The first kappa shape index (κ1) is 5.97. The van der Waals surface area contributed by atoms with Gasteiger partial charge in [0.2, 0.25) is 0 Å². The van der Waals surface area contributed by atoms with Crippen LogP contribution in [-0.4, -0.2) is 17.1 Å². The lowest BCUT2D eigenvalue weighted by Crippen LogP contribution is -1.97. The minimum absolute atomic E-state index is 0.611. The smallest absolute Gasteiger partial charge is 0.168 e. The van der Waals surface area contributed by atoms with E-state index >= 15 is 0 Å². The third-order valence-electron chi connectivity index (χ3n) is 0.770. The van der Waals surface area contributed by atoms with E-state index in [2.05, 4.69) is 20.3 Å². The summed E-state index contributed by atoms with van der Waals surface area (Å²) in [5.74, 6) is 0.611. The molecule has 0 fully saturated rings. The van der Waals surface area contributed by atoms with Crippen LogP contribution >= 0.6 is 0 Å². The maximum Gasteiger partial charge on any atom is 0.168 e. The first-order valence-electron chi connectivity index (χ1n) is 2.48. The molecule has 0 unspecified atom stereocenters. The summed E-state index contributed by atoms with van der Waals surface area (Å²) in [6.07, 6.45) is 4.76. The van der Waals surface area contributed by atoms with Gasteiger partial charge in [-0.25, -0.2) is 10.5 Å². The second-order valence-corrected chi connectivity index (χ2v) is 1.40. The van der Waals surface area contributed by atoms with Crippen molar-refractivity contribution in [3.63, 3.8) is 0 Å². The maximum atomic E-state index is 4.58. The minimum atomic E-state index is 0.611. The van der Waals surface area contributed by atoms with Gasteiger partial charge in [-0.2, -0.15) is 0 Å². The molecule has 1 aromatic heterocycles. The highest BCUT2D eigenvalue weighted by atomic mass is 16.6. The quantitative estimate of drug-likeness (QED) is 0.583. The van der Waals surface area contributed by atoms with Gasteiger partial charge in [-0.05, 0) is 0 Å². The number of nitrogens with zero attached hydrogens (tertiary/aromatic N) is 2. The molecule has 0 aliphatic heterocycles. The van der Waals surface area contributed by atoms with Gasteiger partial charge in [0.15, 0.2) is 5.82 Å². The highest BCUT2D eigenvalue weighted by Crippen LogP contribution is 1.94. The van der Waals surface area contributed by atoms with Gasteiger partial charge in [-0.15, -0.1) is 0 Å². The fourth-order valence-corrected chi connectivity index (χ4v) is 0.456. The van der Waals surface area contributed by atoms with Crippen LogP contribution in [0.15, 0.2) is 18.6 Å². The van der Waals surface area contributed by atoms with E-state index in [9.17, 15) is 0 Å². The molecule has 0 aromatic carbocycles. The Kier molecular flexibility index (Phi) is 1.98. The Morgan fingerprint density at radius 1 is 1.56 bits per heavy atom. The van der Waals surface area contributed by atoms with Crippen molar-refractivity contribution in [3.05, 3.63) is 18.6 Å². The molecule has 4 nitrogen and oxygen atoms in total. The van der Waals surface area contributed by atoms with Crippen LogP contribution in [0.2, 0.25) is 0 Å². The van der Waals surface area contributed by atoms with Crippen LogP contribution in [0, 0.1) is 0 Å². The van der Waals surface area contributed by atoms with Crippen molar-refractivity contribution in [1.29, 1.82) is 0 Å². The molecule has 0 radical (unpaired) electrons. The molecular formula is C5H7N3O. The van der Waals surface area contributed by atoms with Crippen molar-refractivity contribution in [2.24, 2.45) is 0 Å². The molecule has 1 heterocycles. The van der Waals surface area contributed by atoms with Crippen molar-refractivity contribution in [2.45, 2.75) is 0 Å². The molecule has 0 aliphatic carbocycles. The van der Waals surface area contributed by atoms with E-state index < -0.39 is 0 Å². The third kappa shape index (κ3) is 1.65. The fraction of sp³-hybridized carbons (Fsp3) is 0.200. The van der Waals surface area contributed by atoms with Gasteiger partial charge in [-0.3, -0.25) is 9.82 Å². The second kappa shape index (κ2) is 2.99. The normalized spacial score (nSPS) is 9.00. The standard InChI is InChI=1S/C5H7N3O/c1-9-8-5-4-6-2-3-7-5/h2-4H,1H3,(H,7,8). The summed E-state index contributed by atoms with van der Waals surface area (Å²) >= 11 is 0.